The smallest absolute Gasteiger partial charge is 0.326 e. The van der Waals surface area contributed by atoms with Gasteiger partial charge in [0.15, 0.2) is 0 Å². The number of halogens is 1. The summed E-state index contributed by atoms with van der Waals surface area (Å²) >= 11 is 6.23. The molecule has 0 radical (unpaired) electrons. The van der Waals surface area contributed by atoms with E-state index in [0.29, 0.717) is 16.2 Å². The number of hydrogen-bond donors (Lipinski definition) is 0. The van der Waals surface area contributed by atoms with E-state index < -0.39 is 10.9 Å². The average Bonchev–Trinajstić information content (AvgIpc) is 2.82. The third kappa shape index (κ3) is 4.75. The van der Waals surface area contributed by atoms with Gasteiger partial charge in [-0.25, -0.2) is 9.97 Å². The second-order valence-corrected chi connectivity index (χ2v) is 7.47. The minimum absolute atomic E-state index is 0.131. The average molecular weight is 463 g/mol. The van der Waals surface area contributed by atoms with Gasteiger partial charge in [-0.2, -0.15) is 0 Å². The Hall–Kier alpha value is -4.04. The number of esters is 1. The zero-order valence-electron chi connectivity index (χ0n) is 17.6. The lowest BCUT2D eigenvalue weighted by atomic mass is 10.1. The Kier molecular flexibility index (Phi) is 6.46. The molecule has 0 saturated heterocycles. The number of para-hydroxylation sites is 2. The van der Waals surface area contributed by atoms with Gasteiger partial charge in [-0.3, -0.25) is 19.8 Å². The van der Waals surface area contributed by atoms with E-state index in [1.54, 1.807) is 43.3 Å². The zero-order valence-corrected chi connectivity index (χ0v) is 18.4. The molecule has 1 aromatic heterocycles. The van der Waals surface area contributed by atoms with Crippen LogP contribution < -0.4 is 4.90 Å². The Bertz CT molecular complexity index is 1330. The first-order valence-electron chi connectivity index (χ1n) is 10.2. The van der Waals surface area contributed by atoms with Crippen molar-refractivity contribution in [1.29, 1.82) is 0 Å². The molecule has 0 saturated carbocycles. The number of fused-ring (bicyclic) bond motifs is 1. The first-order valence-corrected chi connectivity index (χ1v) is 10.5. The van der Waals surface area contributed by atoms with Crippen LogP contribution in [0.3, 0.4) is 0 Å². The molecule has 0 N–H and O–H groups in total. The highest BCUT2D eigenvalue weighted by Crippen LogP contribution is 2.35. The van der Waals surface area contributed by atoms with Crippen molar-refractivity contribution in [2.75, 3.05) is 18.1 Å². The van der Waals surface area contributed by atoms with E-state index in [1.165, 1.54) is 11.0 Å². The molecule has 0 aliphatic heterocycles. The number of aromatic nitrogens is 2. The lowest BCUT2D eigenvalue weighted by Gasteiger charge is -2.22. The maximum Gasteiger partial charge on any atom is 0.326 e. The minimum atomic E-state index is -0.559. The lowest BCUT2D eigenvalue weighted by Crippen LogP contribution is -2.29. The van der Waals surface area contributed by atoms with E-state index in [0.717, 1.165) is 10.9 Å². The van der Waals surface area contributed by atoms with Crippen LogP contribution in [0, 0.1) is 10.1 Å². The van der Waals surface area contributed by atoms with E-state index in [-0.39, 0.29) is 30.5 Å². The highest BCUT2D eigenvalue weighted by molar-refractivity contribution is 6.31. The third-order valence-electron chi connectivity index (χ3n) is 4.90. The van der Waals surface area contributed by atoms with Crippen LogP contribution in [-0.2, 0) is 9.53 Å². The Morgan fingerprint density at radius 2 is 1.79 bits per heavy atom. The van der Waals surface area contributed by atoms with Crippen molar-refractivity contribution in [2.24, 2.45) is 0 Å². The number of nitro groups is 1. The first kappa shape index (κ1) is 22.2. The highest BCUT2D eigenvalue weighted by atomic mass is 35.5. The Balaban J connectivity index is 1.96. The first-order chi connectivity index (χ1) is 16.0. The van der Waals surface area contributed by atoms with Crippen LogP contribution in [0.2, 0.25) is 5.02 Å². The van der Waals surface area contributed by atoms with Crippen LogP contribution in [0.25, 0.3) is 22.2 Å². The van der Waals surface area contributed by atoms with Crippen molar-refractivity contribution < 1.29 is 14.5 Å². The molecule has 1 heterocycles. The number of nitrogens with zero attached hydrogens (tertiary/aromatic N) is 4. The van der Waals surface area contributed by atoms with Crippen LogP contribution >= 0.6 is 11.6 Å². The van der Waals surface area contributed by atoms with Crippen LogP contribution in [-0.4, -0.2) is 34.0 Å². The molecule has 8 nitrogen and oxygen atoms in total. The molecule has 0 aliphatic rings. The molecule has 0 atom stereocenters. The number of anilines is 2. The second kappa shape index (κ2) is 9.62. The number of rotatable bonds is 7. The molecule has 0 bridgehead atoms. The van der Waals surface area contributed by atoms with Gasteiger partial charge in [0.2, 0.25) is 5.95 Å². The molecule has 4 aromatic rings. The number of ether oxygens (including phenoxy) is 1. The molecule has 4 rings (SSSR count). The van der Waals surface area contributed by atoms with Crippen LogP contribution in [0.15, 0.2) is 72.8 Å². The second-order valence-electron chi connectivity index (χ2n) is 7.04. The van der Waals surface area contributed by atoms with E-state index in [1.807, 2.05) is 30.3 Å². The van der Waals surface area contributed by atoms with Crippen LogP contribution in [0.4, 0.5) is 17.3 Å². The molecule has 0 aliphatic carbocycles. The molecule has 0 amide bonds. The normalized spacial score (nSPS) is 10.7. The van der Waals surface area contributed by atoms with Crippen molar-refractivity contribution in [3.8, 4) is 11.3 Å². The van der Waals surface area contributed by atoms with Crippen LogP contribution in [0.5, 0.6) is 0 Å². The minimum Gasteiger partial charge on any atom is -0.465 e. The van der Waals surface area contributed by atoms with Gasteiger partial charge in [0, 0.05) is 22.0 Å². The van der Waals surface area contributed by atoms with Gasteiger partial charge in [-0.15, -0.1) is 0 Å². The maximum atomic E-state index is 12.4. The zero-order chi connectivity index (χ0) is 23.4. The fourth-order valence-electron chi connectivity index (χ4n) is 3.47. The van der Waals surface area contributed by atoms with Crippen molar-refractivity contribution in [3.63, 3.8) is 0 Å². The van der Waals surface area contributed by atoms with E-state index in [4.69, 9.17) is 21.3 Å². The summed E-state index contributed by atoms with van der Waals surface area (Å²) in [7, 11) is 0. The quantitative estimate of drug-likeness (QED) is 0.201. The summed E-state index contributed by atoms with van der Waals surface area (Å²) in [4.78, 5) is 34.4. The summed E-state index contributed by atoms with van der Waals surface area (Å²) in [6.45, 7) is 1.57. The number of carbonyl (C=O) groups excluding carboxylic acids is 1. The van der Waals surface area contributed by atoms with Gasteiger partial charge in [-0.05, 0) is 31.2 Å². The van der Waals surface area contributed by atoms with E-state index in [2.05, 4.69) is 4.98 Å². The molecule has 0 spiro atoms. The standard InChI is InChI=1S/C24H19ClN4O4/c1-2-33-22(30)15-28(20-10-6-7-11-21(20)29(31)32)24-26-19-13-12-17(25)14-18(19)23(27-24)16-8-4-3-5-9-16/h3-14H,2,15H2,1H3. The topological polar surface area (TPSA) is 98.5 Å². The summed E-state index contributed by atoms with van der Waals surface area (Å²) in [5, 5.41) is 13.0. The Labute approximate surface area is 194 Å². The van der Waals surface area contributed by atoms with Gasteiger partial charge < -0.3 is 4.74 Å². The van der Waals surface area contributed by atoms with Crippen molar-refractivity contribution >= 4 is 45.8 Å². The summed E-state index contributed by atoms with van der Waals surface area (Å²) in [6.07, 6.45) is 0. The number of carbonyl (C=O) groups is 1. The molecule has 0 fully saturated rings. The largest absolute Gasteiger partial charge is 0.465 e. The molecule has 0 unspecified atom stereocenters. The van der Waals surface area contributed by atoms with E-state index in [9.17, 15) is 14.9 Å². The fourth-order valence-corrected chi connectivity index (χ4v) is 3.64. The summed E-state index contributed by atoms with van der Waals surface area (Å²) in [6, 6.07) is 20.8. The fraction of sp³-hybridized carbons (Fsp3) is 0.125. The number of benzene rings is 3. The molecule has 33 heavy (non-hydrogen) atoms. The molecule has 166 valence electrons. The maximum absolute atomic E-state index is 12.4. The molecule has 9 heteroatoms. The lowest BCUT2D eigenvalue weighted by molar-refractivity contribution is -0.384. The van der Waals surface area contributed by atoms with Gasteiger partial charge >= 0.3 is 5.97 Å². The molecule has 3 aromatic carbocycles. The third-order valence-corrected chi connectivity index (χ3v) is 5.13. The Morgan fingerprint density at radius 3 is 2.52 bits per heavy atom. The van der Waals surface area contributed by atoms with Gasteiger partial charge in [0.05, 0.1) is 22.7 Å². The predicted molar refractivity (Wildman–Crippen MR) is 127 cm³/mol. The summed E-state index contributed by atoms with van der Waals surface area (Å²) in [5.41, 5.74) is 1.99. The SMILES string of the molecule is CCOC(=O)CN(c1nc(-c2ccccc2)c2cc(Cl)ccc2n1)c1ccccc1[N+](=O)[O-]. The van der Waals surface area contributed by atoms with Crippen molar-refractivity contribution in [3.05, 3.63) is 87.9 Å². The molecular formula is C24H19ClN4O4. The van der Waals surface area contributed by atoms with Gasteiger partial charge in [-0.1, -0.05) is 54.1 Å². The van der Waals surface area contributed by atoms with Crippen LogP contribution in [0.1, 0.15) is 6.92 Å². The monoisotopic (exact) mass is 462 g/mol. The van der Waals surface area contributed by atoms with Crippen molar-refractivity contribution in [1.82, 2.24) is 9.97 Å². The number of hydrogen-bond acceptors (Lipinski definition) is 7. The Morgan fingerprint density at radius 1 is 1.06 bits per heavy atom. The number of nitro benzene ring substituents is 1. The summed E-state index contributed by atoms with van der Waals surface area (Å²) in [5.74, 6) is -0.428. The van der Waals surface area contributed by atoms with Crippen molar-refractivity contribution in [2.45, 2.75) is 6.92 Å². The molecular weight excluding hydrogens is 444 g/mol. The van der Waals surface area contributed by atoms with E-state index >= 15 is 0 Å². The highest BCUT2D eigenvalue weighted by Gasteiger charge is 2.26. The van der Waals surface area contributed by atoms with Gasteiger partial charge in [0.25, 0.3) is 5.69 Å². The summed E-state index contributed by atoms with van der Waals surface area (Å²) < 4.78 is 5.11. The predicted octanol–water partition coefficient (Wildman–Crippen LogP) is 5.56. The van der Waals surface area contributed by atoms with Gasteiger partial charge in [0.1, 0.15) is 12.2 Å².